The maximum absolute atomic E-state index is 13.0. The minimum Gasteiger partial charge on any atom is -0.330 e. The molecule has 5 heteroatoms. The summed E-state index contributed by atoms with van der Waals surface area (Å²) in [5, 5.41) is 0. The van der Waals surface area contributed by atoms with Crippen LogP contribution in [0.25, 0.3) is 0 Å². The Balaban J connectivity index is 2.64. The van der Waals surface area contributed by atoms with Crippen molar-refractivity contribution in [1.29, 1.82) is 0 Å². The van der Waals surface area contributed by atoms with E-state index in [1.807, 2.05) is 0 Å². The van der Waals surface area contributed by atoms with E-state index < -0.39 is 15.7 Å². The lowest BCUT2D eigenvalue weighted by Gasteiger charge is -2.24. The predicted octanol–water partition coefficient (Wildman–Crippen LogP) is 1.05. The normalized spacial score (nSPS) is 23.5. The summed E-state index contributed by atoms with van der Waals surface area (Å²) in [6, 6.07) is 3.79. The Morgan fingerprint density at radius 1 is 1.47 bits per heavy atom. The molecule has 0 radical (unpaired) electrons. The summed E-state index contributed by atoms with van der Waals surface area (Å²) in [6.45, 7) is 0.353. The molecule has 0 fully saturated rings. The van der Waals surface area contributed by atoms with Gasteiger partial charge in [-0.1, -0.05) is 0 Å². The van der Waals surface area contributed by atoms with Crippen molar-refractivity contribution < 1.29 is 12.8 Å². The molecular weight excluding hydrogens is 217 g/mol. The van der Waals surface area contributed by atoms with Gasteiger partial charge in [0.15, 0.2) is 9.84 Å². The average molecular weight is 229 g/mol. The zero-order valence-corrected chi connectivity index (χ0v) is 8.93. The van der Waals surface area contributed by atoms with Gasteiger partial charge in [0, 0.05) is 0 Å². The number of hydrogen-bond acceptors (Lipinski definition) is 3. The van der Waals surface area contributed by atoms with Gasteiger partial charge in [0.2, 0.25) is 0 Å². The molecule has 0 bridgehead atoms. The van der Waals surface area contributed by atoms with E-state index in [2.05, 4.69) is 0 Å². The van der Waals surface area contributed by atoms with Gasteiger partial charge in [-0.05, 0) is 42.6 Å². The Morgan fingerprint density at radius 2 is 2.20 bits per heavy atom. The Kier molecular flexibility index (Phi) is 2.52. The van der Waals surface area contributed by atoms with E-state index in [4.69, 9.17) is 5.73 Å². The van der Waals surface area contributed by atoms with Crippen LogP contribution in [-0.4, -0.2) is 20.7 Å². The third-order valence-corrected chi connectivity index (χ3v) is 4.58. The molecular formula is C10H12FNO2S. The van der Waals surface area contributed by atoms with Crippen molar-refractivity contribution in [3.63, 3.8) is 0 Å². The average Bonchev–Trinajstić information content (AvgIpc) is 2.17. The first kappa shape index (κ1) is 10.6. The van der Waals surface area contributed by atoms with Crippen molar-refractivity contribution in [2.45, 2.75) is 17.2 Å². The van der Waals surface area contributed by atoms with E-state index in [9.17, 15) is 12.8 Å². The van der Waals surface area contributed by atoms with Crippen LogP contribution in [0.15, 0.2) is 23.1 Å². The number of sulfone groups is 1. The van der Waals surface area contributed by atoms with Crippen LogP contribution >= 0.6 is 0 Å². The van der Waals surface area contributed by atoms with Gasteiger partial charge >= 0.3 is 0 Å². The topological polar surface area (TPSA) is 60.2 Å². The highest BCUT2D eigenvalue weighted by atomic mass is 32.2. The summed E-state index contributed by atoms with van der Waals surface area (Å²) in [6.07, 6.45) is 0.481. The molecule has 1 aromatic rings. The summed E-state index contributed by atoms with van der Waals surface area (Å²) in [5.74, 6) is -0.350. The van der Waals surface area contributed by atoms with E-state index >= 15 is 0 Å². The standard InChI is InChI=1S/C10H12FNO2S/c11-8-1-2-10-9(5-8)7(6-12)3-4-15(10,13)14/h1-2,5,7H,3-4,6,12H2. The molecule has 2 N–H and O–H groups in total. The highest BCUT2D eigenvalue weighted by molar-refractivity contribution is 7.91. The molecule has 2 rings (SSSR count). The maximum Gasteiger partial charge on any atom is 0.178 e. The summed E-state index contributed by atoms with van der Waals surface area (Å²) in [7, 11) is -3.22. The monoisotopic (exact) mass is 229 g/mol. The molecule has 0 aromatic heterocycles. The second-order valence-corrected chi connectivity index (χ2v) is 5.80. The molecule has 0 aliphatic carbocycles. The van der Waals surface area contributed by atoms with Crippen molar-refractivity contribution in [3.05, 3.63) is 29.6 Å². The Morgan fingerprint density at radius 3 is 2.87 bits per heavy atom. The molecule has 1 aromatic carbocycles. The van der Waals surface area contributed by atoms with Crippen LogP contribution in [0.4, 0.5) is 4.39 Å². The second kappa shape index (κ2) is 3.57. The molecule has 0 saturated heterocycles. The zero-order valence-electron chi connectivity index (χ0n) is 8.11. The van der Waals surface area contributed by atoms with Crippen LogP contribution in [0.1, 0.15) is 17.9 Å². The molecule has 1 unspecified atom stereocenters. The number of fused-ring (bicyclic) bond motifs is 1. The van der Waals surface area contributed by atoms with Crippen molar-refractivity contribution in [2.24, 2.45) is 5.73 Å². The fourth-order valence-corrected chi connectivity index (χ4v) is 3.60. The van der Waals surface area contributed by atoms with Crippen LogP contribution in [0.3, 0.4) is 0 Å². The van der Waals surface area contributed by atoms with Crippen LogP contribution < -0.4 is 5.73 Å². The Hall–Kier alpha value is -0.940. The summed E-state index contributed by atoms with van der Waals surface area (Å²) < 4.78 is 36.4. The molecule has 3 nitrogen and oxygen atoms in total. The largest absolute Gasteiger partial charge is 0.330 e. The lowest BCUT2D eigenvalue weighted by molar-refractivity contribution is 0.559. The lowest BCUT2D eigenvalue weighted by Crippen LogP contribution is -2.25. The molecule has 1 aliphatic rings. The Labute approximate surface area is 88.0 Å². The van der Waals surface area contributed by atoms with Crippen molar-refractivity contribution in [3.8, 4) is 0 Å². The lowest BCUT2D eigenvalue weighted by atomic mass is 9.96. The van der Waals surface area contributed by atoms with Crippen molar-refractivity contribution in [1.82, 2.24) is 0 Å². The van der Waals surface area contributed by atoms with Crippen LogP contribution in [0, 0.1) is 5.82 Å². The smallest absolute Gasteiger partial charge is 0.178 e. The molecule has 0 spiro atoms. The van der Waals surface area contributed by atoms with Crippen LogP contribution in [0.5, 0.6) is 0 Å². The molecule has 1 heterocycles. The second-order valence-electron chi connectivity index (χ2n) is 3.72. The number of nitrogens with two attached hydrogens (primary N) is 1. The van der Waals surface area contributed by atoms with E-state index in [-0.39, 0.29) is 16.6 Å². The van der Waals surface area contributed by atoms with Crippen LogP contribution in [0.2, 0.25) is 0 Å². The first-order chi connectivity index (χ1) is 7.04. The summed E-state index contributed by atoms with van der Waals surface area (Å²) >= 11 is 0. The van der Waals surface area contributed by atoms with Gasteiger partial charge in [-0.3, -0.25) is 0 Å². The minimum absolute atomic E-state index is 0.0424. The number of hydrogen-bond donors (Lipinski definition) is 1. The van der Waals surface area contributed by atoms with Crippen molar-refractivity contribution in [2.75, 3.05) is 12.3 Å². The molecule has 0 amide bonds. The third-order valence-electron chi connectivity index (χ3n) is 2.77. The van der Waals surface area contributed by atoms with Gasteiger partial charge in [-0.2, -0.15) is 0 Å². The number of halogens is 1. The number of benzene rings is 1. The van der Waals surface area contributed by atoms with E-state index in [0.717, 1.165) is 0 Å². The van der Waals surface area contributed by atoms with Gasteiger partial charge in [0.1, 0.15) is 5.82 Å². The predicted molar refractivity (Wildman–Crippen MR) is 54.9 cm³/mol. The van der Waals surface area contributed by atoms with Gasteiger partial charge in [0.05, 0.1) is 10.6 Å². The third kappa shape index (κ3) is 1.77. The fourth-order valence-electron chi connectivity index (χ4n) is 1.93. The Bertz CT molecular complexity index is 484. The van der Waals surface area contributed by atoms with Crippen LogP contribution in [-0.2, 0) is 9.84 Å². The summed E-state index contributed by atoms with van der Waals surface area (Å²) in [5.41, 5.74) is 6.07. The molecule has 0 saturated carbocycles. The molecule has 1 aliphatic heterocycles. The van der Waals surface area contributed by atoms with Crippen molar-refractivity contribution >= 4 is 9.84 Å². The van der Waals surface area contributed by atoms with Gasteiger partial charge in [0.25, 0.3) is 0 Å². The van der Waals surface area contributed by atoms with E-state index in [1.165, 1.54) is 18.2 Å². The van der Waals surface area contributed by atoms with E-state index in [1.54, 1.807) is 0 Å². The zero-order chi connectivity index (χ0) is 11.1. The minimum atomic E-state index is -3.22. The fraction of sp³-hybridized carbons (Fsp3) is 0.400. The first-order valence-corrected chi connectivity index (χ1v) is 6.42. The van der Waals surface area contributed by atoms with Gasteiger partial charge in [-0.25, -0.2) is 12.8 Å². The summed E-state index contributed by atoms with van der Waals surface area (Å²) in [4.78, 5) is 0.241. The number of rotatable bonds is 1. The van der Waals surface area contributed by atoms with Gasteiger partial charge < -0.3 is 5.73 Å². The molecule has 1 atom stereocenters. The highest BCUT2D eigenvalue weighted by Crippen LogP contribution is 2.33. The van der Waals surface area contributed by atoms with Gasteiger partial charge in [-0.15, -0.1) is 0 Å². The first-order valence-electron chi connectivity index (χ1n) is 4.77. The maximum atomic E-state index is 13.0. The quantitative estimate of drug-likeness (QED) is 0.732. The molecule has 15 heavy (non-hydrogen) atoms. The van der Waals surface area contributed by atoms with E-state index in [0.29, 0.717) is 18.5 Å². The SMILES string of the molecule is NCC1CCS(=O)(=O)c2ccc(F)cc21. The molecule has 82 valence electrons. The highest BCUT2D eigenvalue weighted by Gasteiger charge is 2.29.